The molecule has 0 spiro atoms. The highest BCUT2D eigenvalue weighted by Gasteiger charge is 2.26. The molecule has 2 bridgehead atoms. The first-order valence-electron chi connectivity index (χ1n) is 13.8. The summed E-state index contributed by atoms with van der Waals surface area (Å²) in [4.78, 5) is 36.9. The number of benzene rings is 4. The predicted molar refractivity (Wildman–Crippen MR) is 162 cm³/mol. The van der Waals surface area contributed by atoms with Crippen molar-refractivity contribution in [3.63, 3.8) is 0 Å². The van der Waals surface area contributed by atoms with E-state index in [9.17, 15) is 19.7 Å². The third-order valence-corrected chi connectivity index (χ3v) is 7.96. The zero-order valence-electron chi connectivity index (χ0n) is 23.5. The maximum atomic E-state index is 13.3. The summed E-state index contributed by atoms with van der Waals surface area (Å²) in [6.45, 7) is 6.53. The van der Waals surface area contributed by atoms with Crippen LogP contribution in [-0.4, -0.2) is 28.0 Å². The Morgan fingerprint density at radius 3 is 2.50 bits per heavy atom. The molecule has 6 rings (SSSR count). The molecule has 210 valence electrons. The molecular weight excluding hydrogens is 530 g/mol. The van der Waals surface area contributed by atoms with E-state index in [1.165, 1.54) is 12.1 Å². The number of non-ortho nitro benzene ring substituents is 1. The van der Waals surface area contributed by atoms with Crippen molar-refractivity contribution in [2.24, 2.45) is 0 Å². The van der Waals surface area contributed by atoms with E-state index in [1.54, 1.807) is 25.1 Å². The van der Waals surface area contributed by atoms with Crippen LogP contribution in [0, 0.1) is 17.0 Å². The second-order valence-electron chi connectivity index (χ2n) is 10.5. The third-order valence-electron chi connectivity index (χ3n) is 7.96. The van der Waals surface area contributed by atoms with Gasteiger partial charge in [0.15, 0.2) is 0 Å². The summed E-state index contributed by atoms with van der Waals surface area (Å²) in [6.07, 6.45) is 0. The average molecular weight is 560 g/mol. The molecule has 0 radical (unpaired) electrons. The van der Waals surface area contributed by atoms with Crippen LogP contribution in [0.25, 0.3) is 33.3 Å². The molecule has 8 heteroatoms. The van der Waals surface area contributed by atoms with Gasteiger partial charge in [-0.3, -0.25) is 14.9 Å². The second-order valence-corrected chi connectivity index (χ2v) is 10.5. The van der Waals surface area contributed by atoms with E-state index in [4.69, 9.17) is 4.74 Å². The van der Waals surface area contributed by atoms with E-state index in [1.807, 2.05) is 50.2 Å². The summed E-state index contributed by atoms with van der Waals surface area (Å²) in [5, 5.41) is 14.9. The van der Waals surface area contributed by atoms with Gasteiger partial charge < -0.3 is 14.6 Å². The first-order chi connectivity index (χ1) is 20.3. The van der Waals surface area contributed by atoms with E-state index in [0.717, 1.165) is 50.0 Å². The molecule has 5 aromatic rings. The summed E-state index contributed by atoms with van der Waals surface area (Å²) in [6, 6.07) is 25.6. The summed E-state index contributed by atoms with van der Waals surface area (Å²) >= 11 is 0. The van der Waals surface area contributed by atoms with E-state index in [2.05, 4.69) is 28.1 Å². The van der Waals surface area contributed by atoms with Crippen molar-refractivity contribution >= 4 is 28.5 Å². The smallest absolute Gasteiger partial charge is 0.338 e. The number of fused-ring (bicyclic) bond motifs is 8. The number of hydrogen-bond acceptors (Lipinski definition) is 5. The fourth-order valence-corrected chi connectivity index (χ4v) is 5.83. The molecule has 1 aliphatic rings. The lowest BCUT2D eigenvalue weighted by Gasteiger charge is -2.21. The summed E-state index contributed by atoms with van der Waals surface area (Å²) in [5.41, 5.74) is 8.70. The molecule has 1 amide bonds. The van der Waals surface area contributed by atoms with Crippen molar-refractivity contribution in [2.75, 3.05) is 6.61 Å². The van der Waals surface area contributed by atoms with Crippen LogP contribution in [0.2, 0.25) is 0 Å². The standard InChI is InChI=1S/C34H29N3O5/c1-4-42-34(39)28-15-11-23-17-30(28)32-20(2)29-18-24(12-16-31(29)36(32)19-25-7-5-6-8-27(23)25)33(38)35-21(3)22-9-13-26(14-10-22)37(40)41/h5-18,21H,4,19H2,1-3H3,(H,35,38)/t21-/m0/s1. The molecule has 2 heterocycles. The number of esters is 1. The number of nitro benzene ring substituents is 1. The van der Waals surface area contributed by atoms with Gasteiger partial charge in [0, 0.05) is 40.7 Å². The van der Waals surface area contributed by atoms with Crippen molar-refractivity contribution in [1.82, 2.24) is 9.88 Å². The Kier molecular flexibility index (Phi) is 6.82. The van der Waals surface area contributed by atoms with Gasteiger partial charge in [0.2, 0.25) is 0 Å². The van der Waals surface area contributed by atoms with E-state index < -0.39 is 4.92 Å². The predicted octanol–water partition coefficient (Wildman–Crippen LogP) is 7.22. The third kappa shape index (κ3) is 4.60. The molecule has 1 atom stereocenters. The number of carbonyl (C=O) groups excluding carboxylic acids is 2. The van der Waals surface area contributed by atoms with Gasteiger partial charge in [-0.25, -0.2) is 4.79 Å². The Hall–Kier alpha value is -5.24. The van der Waals surface area contributed by atoms with E-state index >= 15 is 0 Å². The number of carbonyl (C=O) groups is 2. The number of nitrogens with one attached hydrogen (secondary N) is 1. The summed E-state index contributed by atoms with van der Waals surface area (Å²) < 4.78 is 7.63. The zero-order chi connectivity index (χ0) is 29.5. The van der Waals surface area contributed by atoms with Crippen LogP contribution in [0.5, 0.6) is 0 Å². The fraction of sp³-hybridized carbons (Fsp3) is 0.176. The van der Waals surface area contributed by atoms with Gasteiger partial charge in [-0.1, -0.05) is 42.5 Å². The summed E-state index contributed by atoms with van der Waals surface area (Å²) in [7, 11) is 0. The average Bonchev–Trinajstić information content (AvgIpc) is 3.26. The normalized spacial score (nSPS) is 12.5. The lowest BCUT2D eigenvalue weighted by atomic mass is 9.91. The molecule has 0 saturated heterocycles. The van der Waals surface area contributed by atoms with Gasteiger partial charge >= 0.3 is 5.97 Å². The SMILES string of the molecule is CCOC(=O)c1ccc2cc1-c1c(C)c3cc(C(=O)N[C@@H](C)c4ccc([N+](=O)[O-])cc4)ccc3n1Cc1ccccc1-2. The Morgan fingerprint density at radius 2 is 1.76 bits per heavy atom. The van der Waals surface area contributed by atoms with Crippen LogP contribution >= 0.6 is 0 Å². The molecule has 1 N–H and O–H groups in total. The van der Waals surface area contributed by atoms with Crippen LogP contribution in [0.1, 0.15) is 57.3 Å². The van der Waals surface area contributed by atoms with Gasteiger partial charge in [-0.15, -0.1) is 0 Å². The van der Waals surface area contributed by atoms with Gasteiger partial charge in [-0.2, -0.15) is 0 Å². The van der Waals surface area contributed by atoms with Gasteiger partial charge in [0.1, 0.15) is 0 Å². The van der Waals surface area contributed by atoms with Crippen LogP contribution < -0.4 is 5.32 Å². The monoisotopic (exact) mass is 559 g/mol. The fourth-order valence-electron chi connectivity index (χ4n) is 5.83. The first-order valence-corrected chi connectivity index (χ1v) is 13.8. The molecule has 0 unspecified atom stereocenters. The highest BCUT2D eigenvalue weighted by Crippen LogP contribution is 2.41. The van der Waals surface area contributed by atoms with Crippen molar-refractivity contribution in [2.45, 2.75) is 33.4 Å². The number of ether oxygens (including phenoxy) is 1. The molecular formula is C34H29N3O5. The topological polar surface area (TPSA) is 103 Å². The van der Waals surface area contributed by atoms with Crippen LogP contribution in [0.3, 0.4) is 0 Å². The van der Waals surface area contributed by atoms with Crippen LogP contribution in [0.4, 0.5) is 5.69 Å². The molecule has 1 aromatic heterocycles. The van der Waals surface area contributed by atoms with E-state index in [-0.39, 0.29) is 30.2 Å². The van der Waals surface area contributed by atoms with Crippen molar-refractivity contribution < 1.29 is 19.2 Å². The Balaban J connectivity index is 1.43. The van der Waals surface area contributed by atoms with Crippen LogP contribution in [0.15, 0.2) is 84.9 Å². The number of nitrogens with zero attached hydrogens (tertiary/aromatic N) is 2. The van der Waals surface area contributed by atoms with Gasteiger partial charge in [0.25, 0.3) is 11.6 Å². The second kappa shape index (κ2) is 10.6. The van der Waals surface area contributed by atoms with Gasteiger partial charge in [-0.05, 0) is 78.9 Å². The molecule has 42 heavy (non-hydrogen) atoms. The number of aromatic nitrogens is 1. The van der Waals surface area contributed by atoms with Crippen molar-refractivity contribution in [3.8, 4) is 22.4 Å². The van der Waals surface area contributed by atoms with E-state index in [0.29, 0.717) is 17.7 Å². The minimum atomic E-state index is -0.448. The largest absolute Gasteiger partial charge is 0.462 e. The Bertz CT molecular complexity index is 1890. The van der Waals surface area contributed by atoms with Crippen LogP contribution in [-0.2, 0) is 11.3 Å². The number of aryl methyl sites for hydroxylation is 1. The maximum absolute atomic E-state index is 13.3. The zero-order valence-corrected chi connectivity index (χ0v) is 23.5. The highest BCUT2D eigenvalue weighted by molar-refractivity contribution is 6.04. The summed E-state index contributed by atoms with van der Waals surface area (Å²) in [5.74, 6) is -0.621. The first kappa shape index (κ1) is 27.0. The number of nitro groups is 1. The minimum absolute atomic E-state index is 0.00162. The molecule has 0 fully saturated rings. The number of hydrogen-bond donors (Lipinski definition) is 1. The molecule has 1 aliphatic heterocycles. The lowest BCUT2D eigenvalue weighted by molar-refractivity contribution is -0.384. The van der Waals surface area contributed by atoms with Crippen molar-refractivity contribution in [1.29, 1.82) is 0 Å². The van der Waals surface area contributed by atoms with Crippen molar-refractivity contribution in [3.05, 3.63) is 123 Å². The molecule has 0 aliphatic carbocycles. The number of amides is 1. The Labute approximate surface area is 242 Å². The highest BCUT2D eigenvalue weighted by atomic mass is 16.6. The lowest BCUT2D eigenvalue weighted by Crippen LogP contribution is -2.26. The minimum Gasteiger partial charge on any atom is -0.462 e. The quantitative estimate of drug-likeness (QED) is 0.132. The maximum Gasteiger partial charge on any atom is 0.338 e. The Morgan fingerprint density at radius 1 is 1.00 bits per heavy atom. The molecule has 8 nitrogen and oxygen atoms in total. The van der Waals surface area contributed by atoms with Gasteiger partial charge in [0.05, 0.1) is 28.8 Å². The number of rotatable bonds is 6. The molecule has 0 saturated carbocycles. The molecule has 4 aromatic carbocycles.